The standard InChI is InChI=1S/C17H26ClN/c1-3-14-8-10-15(11-9-14)12-19-13(2)16-6-4-5-7-17(16)18/h4-7,13-15,19H,3,8-12H2,1-2H3. The van der Waals surface area contributed by atoms with E-state index in [-0.39, 0.29) is 0 Å². The maximum absolute atomic E-state index is 6.24. The minimum atomic E-state index is 0.345. The molecule has 1 atom stereocenters. The zero-order chi connectivity index (χ0) is 13.7. The van der Waals surface area contributed by atoms with Gasteiger partial charge in [0.25, 0.3) is 0 Å². The Morgan fingerprint density at radius 3 is 2.42 bits per heavy atom. The summed E-state index contributed by atoms with van der Waals surface area (Å²) < 4.78 is 0. The topological polar surface area (TPSA) is 12.0 Å². The van der Waals surface area contributed by atoms with Crippen LogP contribution in [0.25, 0.3) is 0 Å². The van der Waals surface area contributed by atoms with Crippen LogP contribution in [0.1, 0.15) is 57.6 Å². The van der Waals surface area contributed by atoms with E-state index < -0.39 is 0 Å². The zero-order valence-corrected chi connectivity index (χ0v) is 12.9. The average Bonchev–Trinajstić information content (AvgIpc) is 2.46. The molecule has 1 aliphatic carbocycles. The molecular formula is C17H26ClN. The minimum absolute atomic E-state index is 0.345. The van der Waals surface area contributed by atoms with E-state index in [1.807, 2.05) is 12.1 Å². The summed E-state index contributed by atoms with van der Waals surface area (Å²) in [5.41, 5.74) is 1.21. The zero-order valence-electron chi connectivity index (χ0n) is 12.2. The molecule has 1 fully saturated rings. The smallest absolute Gasteiger partial charge is 0.0453 e. The molecule has 2 rings (SSSR count). The Morgan fingerprint density at radius 1 is 1.16 bits per heavy atom. The Kier molecular flexibility index (Phi) is 5.72. The van der Waals surface area contributed by atoms with Crippen molar-refractivity contribution in [2.24, 2.45) is 11.8 Å². The van der Waals surface area contributed by atoms with Crippen LogP contribution in [0.5, 0.6) is 0 Å². The van der Waals surface area contributed by atoms with Crippen LogP contribution in [0, 0.1) is 11.8 Å². The lowest BCUT2D eigenvalue weighted by molar-refractivity contribution is 0.258. The molecule has 0 amide bonds. The van der Waals surface area contributed by atoms with Crippen molar-refractivity contribution in [1.29, 1.82) is 0 Å². The lowest BCUT2D eigenvalue weighted by atomic mass is 9.81. The van der Waals surface area contributed by atoms with Crippen LogP contribution in [0.2, 0.25) is 5.02 Å². The summed E-state index contributed by atoms with van der Waals surface area (Å²) in [6, 6.07) is 8.49. The fraction of sp³-hybridized carbons (Fsp3) is 0.647. The molecule has 19 heavy (non-hydrogen) atoms. The number of rotatable bonds is 5. The lowest BCUT2D eigenvalue weighted by Crippen LogP contribution is -2.28. The number of hydrogen-bond acceptors (Lipinski definition) is 1. The monoisotopic (exact) mass is 279 g/mol. The fourth-order valence-corrected chi connectivity index (χ4v) is 3.42. The largest absolute Gasteiger partial charge is 0.310 e. The van der Waals surface area contributed by atoms with Crippen LogP contribution in [0.3, 0.4) is 0 Å². The summed E-state index contributed by atoms with van der Waals surface area (Å²) in [4.78, 5) is 0. The molecule has 1 nitrogen and oxygen atoms in total. The highest BCUT2D eigenvalue weighted by Gasteiger charge is 2.20. The molecule has 1 aliphatic rings. The normalized spacial score (nSPS) is 25.2. The summed E-state index contributed by atoms with van der Waals surface area (Å²) in [7, 11) is 0. The molecule has 0 aliphatic heterocycles. The molecule has 106 valence electrons. The quantitative estimate of drug-likeness (QED) is 0.780. The molecule has 0 radical (unpaired) electrons. The molecule has 0 bridgehead atoms. The molecule has 1 aromatic rings. The molecule has 1 aromatic carbocycles. The van der Waals surface area contributed by atoms with Gasteiger partial charge in [-0.15, -0.1) is 0 Å². The first-order valence-electron chi connectivity index (χ1n) is 7.68. The molecule has 0 heterocycles. The Bertz CT molecular complexity index is 383. The van der Waals surface area contributed by atoms with Gasteiger partial charge in [0.05, 0.1) is 0 Å². The van der Waals surface area contributed by atoms with Crippen molar-refractivity contribution < 1.29 is 0 Å². The second-order valence-corrected chi connectivity index (χ2v) is 6.35. The SMILES string of the molecule is CCC1CCC(CNC(C)c2ccccc2Cl)CC1. The third-order valence-corrected chi connectivity index (χ3v) is 4.97. The van der Waals surface area contributed by atoms with Crippen LogP contribution in [0.15, 0.2) is 24.3 Å². The second kappa shape index (κ2) is 7.31. The van der Waals surface area contributed by atoms with Crippen molar-refractivity contribution >= 4 is 11.6 Å². The predicted octanol–water partition coefficient (Wildman–Crippen LogP) is 5.21. The first-order valence-corrected chi connectivity index (χ1v) is 8.06. The van der Waals surface area contributed by atoms with E-state index in [0.29, 0.717) is 6.04 Å². The van der Waals surface area contributed by atoms with Crippen LogP contribution in [-0.4, -0.2) is 6.54 Å². The van der Waals surface area contributed by atoms with Crippen molar-refractivity contribution in [3.63, 3.8) is 0 Å². The third-order valence-electron chi connectivity index (χ3n) is 4.63. The fourth-order valence-electron chi connectivity index (χ4n) is 3.12. The molecule has 2 heteroatoms. The lowest BCUT2D eigenvalue weighted by Gasteiger charge is -2.29. The van der Waals surface area contributed by atoms with Gasteiger partial charge in [-0.25, -0.2) is 0 Å². The summed E-state index contributed by atoms with van der Waals surface area (Å²) in [6.07, 6.45) is 6.98. The summed E-state index contributed by atoms with van der Waals surface area (Å²) in [6.45, 7) is 5.66. The van der Waals surface area contributed by atoms with Crippen LogP contribution < -0.4 is 5.32 Å². The van der Waals surface area contributed by atoms with Gasteiger partial charge in [-0.2, -0.15) is 0 Å². The highest BCUT2D eigenvalue weighted by atomic mass is 35.5. The second-order valence-electron chi connectivity index (χ2n) is 5.95. The third kappa shape index (κ3) is 4.22. The van der Waals surface area contributed by atoms with Gasteiger partial charge in [0, 0.05) is 11.1 Å². The summed E-state index contributed by atoms with van der Waals surface area (Å²) >= 11 is 6.24. The van der Waals surface area contributed by atoms with Crippen LogP contribution in [0.4, 0.5) is 0 Å². The van der Waals surface area contributed by atoms with Gasteiger partial charge in [0.15, 0.2) is 0 Å². The van der Waals surface area contributed by atoms with E-state index >= 15 is 0 Å². The Labute approximate surface area is 122 Å². The van der Waals surface area contributed by atoms with Crippen LogP contribution in [-0.2, 0) is 0 Å². The Hall–Kier alpha value is -0.530. The number of nitrogens with one attached hydrogen (secondary N) is 1. The first-order chi connectivity index (χ1) is 9.20. The van der Waals surface area contributed by atoms with E-state index in [0.717, 1.165) is 23.4 Å². The maximum Gasteiger partial charge on any atom is 0.0453 e. The van der Waals surface area contributed by atoms with Crippen molar-refractivity contribution in [1.82, 2.24) is 5.32 Å². The Morgan fingerprint density at radius 2 is 1.79 bits per heavy atom. The van der Waals surface area contributed by atoms with Gasteiger partial charge in [-0.1, -0.05) is 56.0 Å². The van der Waals surface area contributed by atoms with E-state index in [1.165, 1.54) is 37.7 Å². The van der Waals surface area contributed by atoms with Gasteiger partial charge in [0.1, 0.15) is 0 Å². The maximum atomic E-state index is 6.24. The summed E-state index contributed by atoms with van der Waals surface area (Å²) in [5, 5.41) is 4.53. The average molecular weight is 280 g/mol. The number of halogens is 1. The number of hydrogen-bond donors (Lipinski definition) is 1. The molecule has 0 saturated heterocycles. The van der Waals surface area contributed by atoms with Crippen molar-refractivity contribution in [3.8, 4) is 0 Å². The van der Waals surface area contributed by atoms with E-state index in [2.05, 4.69) is 31.3 Å². The van der Waals surface area contributed by atoms with Crippen molar-refractivity contribution in [3.05, 3.63) is 34.9 Å². The van der Waals surface area contributed by atoms with Gasteiger partial charge in [0.2, 0.25) is 0 Å². The minimum Gasteiger partial charge on any atom is -0.310 e. The van der Waals surface area contributed by atoms with Gasteiger partial charge in [-0.3, -0.25) is 0 Å². The van der Waals surface area contributed by atoms with Gasteiger partial charge < -0.3 is 5.32 Å². The molecule has 0 spiro atoms. The highest BCUT2D eigenvalue weighted by molar-refractivity contribution is 6.31. The molecule has 1 saturated carbocycles. The van der Waals surface area contributed by atoms with Gasteiger partial charge in [-0.05, 0) is 49.8 Å². The molecular weight excluding hydrogens is 254 g/mol. The molecule has 1 N–H and O–H groups in total. The van der Waals surface area contributed by atoms with Gasteiger partial charge >= 0.3 is 0 Å². The predicted molar refractivity (Wildman–Crippen MR) is 83.6 cm³/mol. The highest BCUT2D eigenvalue weighted by Crippen LogP contribution is 2.31. The van der Waals surface area contributed by atoms with Crippen molar-refractivity contribution in [2.75, 3.05) is 6.54 Å². The first kappa shape index (κ1) is 14.9. The molecule has 1 unspecified atom stereocenters. The number of benzene rings is 1. The van der Waals surface area contributed by atoms with E-state index in [4.69, 9.17) is 11.6 Å². The molecule has 0 aromatic heterocycles. The van der Waals surface area contributed by atoms with Crippen LogP contribution >= 0.6 is 11.6 Å². The summed E-state index contributed by atoms with van der Waals surface area (Å²) in [5.74, 6) is 1.84. The Balaban J connectivity index is 1.78. The van der Waals surface area contributed by atoms with Crippen molar-refractivity contribution in [2.45, 2.75) is 52.0 Å². The van der Waals surface area contributed by atoms with E-state index in [1.54, 1.807) is 0 Å². The van der Waals surface area contributed by atoms with E-state index in [9.17, 15) is 0 Å².